The van der Waals surface area contributed by atoms with Crippen LogP contribution in [0.2, 0.25) is 0 Å². The molecule has 1 amide bonds. The summed E-state index contributed by atoms with van der Waals surface area (Å²) >= 11 is -0.212. The summed E-state index contributed by atoms with van der Waals surface area (Å²) in [6, 6.07) is 6.00. The van der Waals surface area contributed by atoms with Crippen molar-refractivity contribution in [2.45, 2.75) is 30.2 Å². The van der Waals surface area contributed by atoms with E-state index in [0.717, 1.165) is 6.54 Å². The highest BCUT2D eigenvalue weighted by molar-refractivity contribution is 8.00. The normalized spacial score (nSPS) is 22.3. The maximum atomic E-state index is 12.5. The molecule has 0 aromatic heterocycles. The fourth-order valence-electron chi connectivity index (χ4n) is 2.44. The number of hydrogen-bond donors (Lipinski definition) is 2. The summed E-state index contributed by atoms with van der Waals surface area (Å²) in [7, 11) is 0. The molecule has 0 spiro atoms. The lowest BCUT2D eigenvalue weighted by Gasteiger charge is -2.25. The number of rotatable bonds is 4. The molecular weight excluding hydrogens is 301 g/mol. The number of hydrogen-bond acceptors (Lipinski definition) is 3. The monoisotopic (exact) mass is 318 g/mol. The van der Waals surface area contributed by atoms with Crippen LogP contribution in [0.3, 0.4) is 0 Å². The highest BCUT2D eigenvalue weighted by Crippen LogP contribution is 2.41. The second kappa shape index (κ2) is 6.27. The second-order valence-electron chi connectivity index (χ2n) is 5.06. The molecule has 0 aliphatic carbocycles. The van der Waals surface area contributed by atoms with Gasteiger partial charge >= 0.3 is 5.51 Å². The average Bonchev–Trinajstić information content (AvgIpc) is 2.89. The summed E-state index contributed by atoms with van der Waals surface area (Å²) in [5.74, 6) is -0.217. The number of anilines is 1. The van der Waals surface area contributed by atoms with Gasteiger partial charge in [-0.05, 0) is 43.3 Å². The molecule has 1 aromatic rings. The smallest absolute Gasteiger partial charge is 0.325 e. The van der Waals surface area contributed by atoms with Crippen molar-refractivity contribution in [3.8, 4) is 0 Å². The molecule has 1 atom stereocenters. The summed E-state index contributed by atoms with van der Waals surface area (Å²) in [4.78, 5) is 12.5. The van der Waals surface area contributed by atoms with Gasteiger partial charge < -0.3 is 10.6 Å². The number of alkyl halides is 3. The Bertz CT molecular complexity index is 513. The molecule has 0 saturated carbocycles. The number of para-hydroxylation sites is 1. The molecule has 3 nitrogen and oxygen atoms in total. The minimum atomic E-state index is -4.38. The van der Waals surface area contributed by atoms with Crippen LogP contribution in [-0.4, -0.2) is 24.5 Å². The molecule has 116 valence electrons. The zero-order valence-electron chi connectivity index (χ0n) is 11.6. The molecule has 1 aromatic carbocycles. The van der Waals surface area contributed by atoms with Gasteiger partial charge in [0.2, 0.25) is 5.91 Å². The molecule has 1 fully saturated rings. The predicted molar refractivity (Wildman–Crippen MR) is 77.2 cm³/mol. The summed E-state index contributed by atoms with van der Waals surface area (Å²) in [5.41, 5.74) is -4.70. The van der Waals surface area contributed by atoms with E-state index in [1.54, 1.807) is 6.07 Å². The van der Waals surface area contributed by atoms with Gasteiger partial charge in [0.15, 0.2) is 0 Å². The summed E-state index contributed by atoms with van der Waals surface area (Å²) in [6.07, 6.45) is 1.35. The lowest BCUT2D eigenvalue weighted by atomic mass is 9.83. The van der Waals surface area contributed by atoms with Crippen LogP contribution in [0, 0.1) is 5.41 Å². The van der Waals surface area contributed by atoms with Crippen molar-refractivity contribution in [1.29, 1.82) is 0 Å². The van der Waals surface area contributed by atoms with Crippen molar-refractivity contribution < 1.29 is 18.0 Å². The minimum absolute atomic E-state index is 0.00978. The number of carbonyl (C=O) groups excluding carboxylic acids is 1. The van der Waals surface area contributed by atoms with E-state index in [2.05, 4.69) is 10.6 Å². The molecule has 0 bridgehead atoms. The Hall–Kier alpha value is -1.21. The van der Waals surface area contributed by atoms with Crippen molar-refractivity contribution in [3.05, 3.63) is 24.3 Å². The van der Waals surface area contributed by atoms with Gasteiger partial charge in [0.05, 0.1) is 11.1 Å². The first-order valence-electron chi connectivity index (χ1n) is 6.73. The first-order chi connectivity index (χ1) is 9.86. The van der Waals surface area contributed by atoms with Crippen LogP contribution in [-0.2, 0) is 4.79 Å². The topological polar surface area (TPSA) is 41.1 Å². The zero-order valence-corrected chi connectivity index (χ0v) is 12.4. The molecule has 1 aliphatic rings. The van der Waals surface area contributed by atoms with Crippen LogP contribution in [0.25, 0.3) is 0 Å². The molecule has 0 radical (unpaired) electrons. The Morgan fingerprint density at radius 3 is 2.71 bits per heavy atom. The second-order valence-corrected chi connectivity index (χ2v) is 6.17. The van der Waals surface area contributed by atoms with Gasteiger partial charge in [0.25, 0.3) is 0 Å². The van der Waals surface area contributed by atoms with E-state index in [-0.39, 0.29) is 28.3 Å². The van der Waals surface area contributed by atoms with Crippen molar-refractivity contribution in [2.24, 2.45) is 5.41 Å². The lowest BCUT2D eigenvalue weighted by molar-refractivity contribution is -0.124. The van der Waals surface area contributed by atoms with E-state index in [0.29, 0.717) is 19.4 Å². The van der Waals surface area contributed by atoms with Crippen LogP contribution >= 0.6 is 11.8 Å². The highest BCUT2D eigenvalue weighted by atomic mass is 32.2. The Morgan fingerprint density at radius 2 is 2.14 bits per heavy atom. The maximum Gasteiger partial charge on any atom is 0.446 e. The summed E-state index contributed by atoms with van der Waals surface area (Å²) in [5, 5.41) is 5.80. The number of carbonyl (C=O) groups is 1. The van der Waals surface area contributed by atoms with Crippen LogP contribution in [0.4, 0.5) is 18.9 Å². The first kappa shape index (κ1) is 16.2. The Balaban J connectivity index is 2.17. The third-order valence-electron chi connectivity index (χ3n) is 3.76. The quantitative estimate of drug-likeness (QED) is 0.833. The Kier molecular flexibility index (Phi) is 4.83. The van der Waals surface area contributed by atoms with E-state index in [1.807, 2.05) is 6.92 Å². The Labute approximate surface area is 125 Å². The lowest BCUT2D eigenvalue weighted by Crippen LogP contribution is -2.37. The van der Waals surface area contributed by atoms with Crippen molar-refractivity contribution >= 4 is 23.4 Å². The third kappa shape index (κ3) is 3.91. The summed E-state index contributed by atoms with van der Waals surface area (Å²) in [6.45, 7) is 3.23. The first-order valence-corrected chi connectivity index (χ1v) is 7.55. The molecule has 7 heteroatoms. The number of benzene rings is 1. The van der Waals surface area contributed by atoms with Crippen molar-refractivity contribution in [3.63, 3.8) is 0 Å². The SMILES string of the molecule is CCC1(C(=O)Nc2ccccc2SC(F)(F)F)CCNC1. The molecule has 1 unspecified atom stereocenters. The third-order valence-corrected chi connectivity index (χ3v) is 4.57. The molecule has 21 heavy (non-hydrogen) atoms. The van der Waals surface area contributed by atoms with Gasteiger partial charge in [-0.2, -0.15) is 13.2 Å². The van der Waals surface area contributed by atoms with Gasteiger partial charge in [-0.3, -0.25) is 4.79 Å². The fourth-order valence-corrected chi connectivity index (χ4v) is 3.06. The van der Waals surface area contributed by atoms with Gasteiger partial charge in [0, 0.05) is 11.4 Å². The fraction of sp³-hybridized carbons (Fsp3) is 0.500. The van der Waals surface area contributed by atoms with Crippen LogP contribution in [0.5, 0.6) is 0 Å². The van der Waals surface area contributed by atoms with E-state index < -0.39 is 10.9 Å². The van der Waals surface area contributed by atoms with Gasteiger partial charge in [-0.25, -0.2) is 0 Å². The summed E-state index contributed by atoms with van der Waals surface area (Å²) < 4.78 is 37.6. The zero-order chi connectivity index (χ0) is 15.5. The molecular formula is C14H17F3N2OS. The number of nitrogens with one attached hydrogen (secondary N) is 2. The van der Waals surface area contributed by atoms with Crippen LogP contribution < -0.4 is 10.6 Å². The molecule has 1 aliphatic heterocycles. The van der Waals surface area contributed by atoms with E-state index >= 15 is 0 Å². The average molecular weight is 318 g/mol. The largest absolute Gasteiger partial charge is 0.446 e. The van der Waals surface area contributed by atoms with Gasteiger partial charge in [-0.1, -0.05) is 19.1 Å². The predicted octanol–water partition coefficient (Wildman–Crippen LogP) is 3.63. The minimum Gasteiger partial charge on any atom is -0.325 e. The molecule has 2 rings (SSSR count). The number of amides is 1. The standard InChI is InChI=1S/C14H17F3N2OS/c1-2-13(7-8-18-9-13)12(20)19-10-5-3-4-6-11(10)21-14(15,16)17/h3-6,18H,2,7-9H2,1H3,(H,19,20). The number of halogens is 3. The van der Waals surface area contributed by atoms with Crippen molar-refractivity contribution in [2.75, 3.05) is 18.4 Å². The number of thioether (sulfide) groups is 1. The molecule has 1 heterocycles. The van der Waals surface area contributed by atoms with Crippen molar-refractivity contribution in [1.82, 2.24) is 5.32 Å². The van der Waals surface area contributed by atoms with E-state index in [4.69, 9.17) is 0 Å². The highest BCUT2D eigenvalue weighted by Gasteiger charge is 2.40. The van der Waals surface area contributed by atoms with Crippen LogP contribution in [0.15, 0.2) is 29.2 Å². The van der Waals surface area contributed by atoms with Gasteiger partial charge in [-0.15, -0.1) is 0 Å². The Morgan fingerprint density at radius 1 is 1.43 bits per heavy atom. The van der Waals surface area contributed by atoms with E-state index in [9.17, 15) is 18.0 Å². The van der Waals surface area contributed by atoms with Crippen LogP contribution in [0.1, 0.15) is 19.8 Å². The van der Waals surface area contributed by atoms with E-state index in [1.165, 1.54) is 18.2 Å². The molecule has 1 saturated heterocycles. The van der Waals surface area contributed by atoms with Gasteiger partial charge in [0.1, 0.15) is 0 Å². The maximum absolute atomic E-state index is 12.5. The molecule has 2 N–H and O–H groups in total.